The molecule has 2 atom stereocenters. The standard InChI is InChI=1S/C21H20N4O5/c1-2-21(13-8-4-3-5-9-13)19(28)25(20(29)23-21)24-17(26)12-16-18(27)22-14-10-6-7-11-15(14)30-16/h3-11,16H,2,12H2,1H3,(H,22,27)(H,23,29)(H,24,26)/t16-,21+/m0/s1. The van der Waals surface area contributed by atoms with Gasteiger partial charge in [-0.1, -0.05) is 49.4 Å². The zero-order valence-electron chi connectivity index (χ0n) is 16.2. The molecular formula is C21H20N4O5. The van der Waals surface area contributed by atoms with Gasteiger partial charge in [0.05, 0.1) is 12.1 Å². The Morgan fingerprint density at radius 1 is 1.10 bits per heavy atom. The number of urea groups is 1. The predicted molar refractivity (Wildman–Crippen MR) is 106 cm³/mol. The summed E-state index contributed by atoms with van der Waals surface area (Å²) in [4.78, 5) is 50.2. The van der Waals surface area contributed by atoms with Gasteiger partial charge in [0.2, 0.25) is 5.91 Å². The van der Waals surface area contributed by atoms with Gasteiger partial charge >= 0.3 is 6.03 Å². The Kier molecular flexibility index (Phi) is 4.86. The highest BCUT2D eigenvalue weighted by Gasteiger charge is 2.52. The summed E-state index contributed by atoms with van der Waals surface area (Å²) < 4.78 is 5.59. The minimum absolute atomic E-state index is 0.304. The highest BCUT2D eigenvalue weighted by atomic mass is 16.5. The van der Waals surface area contributed by atoms with E-state index in [0.29, 0.717) is 28.4 Å². The first-order valence-electron chi connectivity index (χ1n) is 9.53. The molecule has 0 unspecified atom stereocenters. The van der Waals surface area contributed by atoms with Gasteiger partial charge in [0.15, 0.2) is 6.10 Å². The number of carbonyl (C=O) groups excluding carboxylic acids is 4. The second kappa shape index (κ2) is 7.51. The third-order valence-corrected chi connectivity index (χ3v) is 5.20. The molecule has 0 spiro atoms. The average molecular weight is 408 g/mol. The van der Waals surface area contributed by atoms with Crippen LogP contribution in [0, 0.1) is 0 Å². The molecule has 2 aromatic carbocycles. The lowest BCUT2D eigenvalue weighted by Gasteiger charge is -2.26. The number of rotatable bonds is 5. The van der Waals surface area contributed by atoms with E-state index in [1.165, 1.54) is 0 Å². The number of fused-ring (bicyclic) bond motifs is 1. The van der Waals surface area contributed by atoms with Crippen LogP contribution in [0.2, 0.25) is 0 Å². The van der Waals surface area contributed by atoms with E-state index in [1.54, 1.807) is 61.5 Å². The second-order valence-electron chi connectivity index (χ2n) is 7.03. The molecule has 0 aromatic heterocycles. The van der Waals surface area contributed by atoms with Gasteiger partial charge in [-0.25, -0.2) is 4.79 Å². The zero-order valence-corrected chi connectivity index (χ0v) is 16.2. The molecule has 3 N–H and O–H groups in total. The molecule has 0 bridgehead atoms. The van der Waals surface area contributed by atoms with E-state index >= 15 is 0 Å². The van der Waals surface area contributed by atoms with Gasteiger partial charge in [-0.15, -0.1) is 0 Å². The monoisotopic (exact) mass is 408 g/mol. The van der Waals surface area contributed by atoms with Crippen LogP contribution in [0.15, 0.2) is 54.6 Å². The van der Waals surface area contributed by atoms with Crippen molar-refractivity contribution < 1.29 is 23.9 Å². The Labute approximate surface area is 172 Å². The first kappa shape index (κ1) is 19.4. The van der Waals surface area contributed by atoms with Crippen molar-refractivity contribution in [3.63, 3.8) is 0 Å². The number of hydrogen-bond donors (Lipinski definition) is 3. The smallest absolute Gasteiger partial charge is 0.344 e. The van der Waals surface area contributed by atoms with E-state index in [1.807, 2.05) is 0 Å². The van der Waals surface area contributed by atoms with Crippen LogP contribution in [0.5, 0.6) is 5.75 Å². The minimum atomic E-state index is -1.26. The van der Waals surface area contributed by atoms with Crippen molar-refractivity contribution in [3.05, 3.63) is 60.2 Å². The number of nitrogens with one attached hydrogen (secondary N) is 3. The Balaban J connectivity index is 1.47. The molecule has 1 saturated heterocycles. The molecule has 0 aliphatic carbocycles. The molecule has 9 nitrogen and oxygen atoms in total. The molecule has 2 aliphatic heterocycles. The summed E-state index contributed by atoms with van der Waals surface area (Å²) in [5.74, 6) is -1.32. The van der Waals surface area contributed by atoms with Crippen LogP contribution >= 0.6 is 0 Å². The van der Waals surface area contributed by atoms with Crippen LogP contribution in [0.1, 0.15) is 25.3 Å². The van der Waals surface area contributed by atoms with Crippen molar-refractivity contribution in [1.82, 2.24) is 15.8 Å². The molecule has 30 heavy (non-hydrogen) atoms. The number of amides is 5. The number of hydrogen-bond acceptors (Lipinski definition) is 5. The van der Waals surface area contributed by atoms with E-state index in [-0.39, 0.29) is 6.42 Å². The van der Waals surface area contributed by atoms with E-state index < -0.39 is 35.4 Å². The molecule has 1 fully saturated rings. The van der Waals surface area contributed by atoms with Gasteiger partial charge < -0.3 is 15.4 Å². The molecule has 0 saturated carbocycles. The van der Waals surface area contributed by atoms with Crippen molar-refractivity contribution in [2.45, 2.75) is 31.4 Å². The number of anilines is 1. The first-order valence-corrected chi connectivity index (χ1v) is 9.53. The third kappa shape index (κ3) is 3.24. The normalized spacial score (nSPS) is 22.6. The summed E-state index contributed by atoms with van der Waals surface area (Å²) in [5.41, 5.74) is 2.18. The Morgan fingerprint density at radius 2 is 1.80 bits per heavy atom. The lowest BCUT2D eigenvalue weighted by Crippen LogP contribution is -2.50. The average Bonchev–Trinajstić information content (AvgIpc) is 3.00. The van der Waals surface area contributed by atoms with Crippen LogP contribution in [0.3, 0.4) is 0 Å². The van der Waals surface area contributed by atoms with Gasteiger partial charge in [0.1, 0.15) is 11.3 Å². The second-order valence-corrected chi connectivity index (χ2v) is 7.03. The maximum absolute atomic E-state index is 13.0. The fourth-order valence-electron chi connectivity index (χ4n) is 3.60. The SMILES string of the molecule is CC[C@]1(c2ccccc2)NC(=O)N(NC(=O)C[C@@H]2Oc3ccccc3NC2=O)C1=O. The maximum atomic E-state index is 13.0. The first-order chi connectivity index (χ1) is 14.4. The van der Waals surface area contributed by atoms with E-state index in [2.05, 4.69) is 16.1 Å². The number of carbonyl (C=O) groups is 4. The highest BCUT2D eigenvalue weighted by Crippen LogP contribution is 2.32. The van der Waals surface area contributed by atoms with Crippen LogP contribution in [0.25, 0.3) is 0 Å². The molecule has 154 valence electrons. The summed E-state index contributed by atoms with van der Waals surface area (Å²) >= 11 is 0. The molecule has 2 aliphatic rings. The van der Waals surface area contributed by atoms with Crippen LogP contribution in [0.4, 0.5) is 10.5 Å². The zero-order chi connectivity index (χ0) is 21.3. The maximum Gasteiger partial charge on any atom is 0.344 e. The number of benzene rings is 2. The van der Waals surface area contributed by atoms with Crippen LogP contribution in [-0.4, -0.2) is 34.9 Å². The summed E-state index contributed by atoms with van der Waals surface area (Å²) in [6, 6.07) is 14.9. The van der Waals surface area contributed by atoms with E-state index in [9.17, 15) is 19.2 Å². The fraction of sp³-hybridized carbons (Fsp3) is 0.238. The van der Waals surface area contributed by atoms with Crippen molar-refractivity contribution in [2.24, 2.45) is 0 Å². The van der Waals surface area contributed by atoms with Gasteiger partial charge in [-0.05, 0) is 24.1 Å². The number of imide groups is 1. The quantitative estimate of drug-likeness (QED) is 0.651. The van der Waals surface area contributed by atoms with Crippen LogP contribution in [-0.2, 0) is 19.9 Å². The third-order valence-electron chi connectivity index (χ3n) is 5.20. The highest BCUT2D eigenvalue weighted by molar-refractivity contribution is 6.08. The largest absolute Gasteiger partial charge is 0.478 e. The van der Waals surface area contributed by atoms with Gasteiger partial charge in [-0.3, -0.25) is 19.8 Å². The molecule has 2 heterocycles. The van der Waals surface area contributed by atoms with Crippen molar-refractivity contribution in [3.8, 4) is 5.75 Å². The van der Waals surface area contributed by atoms with Gasteiger partial charge in [-0.2, -0.15) is 5.01 Å². The van der Waals surface area contributed by atoms with Gasteiger partial charge in [0.25, 0.3) is 11.8 Å². The molecule has 0 radical (unpaired) electrons. The fourth-order valence-corrected chi connectivity index (χ4v) is 3.60. The number of ether oxygens (including phenoxy) is 1. The summed E-state index contributed by atoms with van der Waals surface area (Å²) in [7, 11) is 0. The Morgan fingerprint density at radius 3 is 2.53 bits per heavy atom. The summed E-state index contributed by atoms with van der Waals surface area (Å²) in [6.07, 6.45) is -1.13. The summed E-state index contributed by atoms with van der Waals surface area (Å²) in [6.45, 7) is 1.77. The molecule has 9 heteroatoms. The van der Waals surface area contributed by atoms with Crippen molar-refractivity contribution in [1.29, 1.82) is 0 Å². The molecule has 5 amide bonds. The lowest BCUT2D eigenvalue weighted by molar-refractivity contribution is -0.140. The molecule has 4 rings (SSSR count). The predicted octanol–water partition coefficient (Wildman–Crippen LogP) is 1.66. The number of hydrazine groups is 1. The van der Waals surface area contributed by atoms with Crippen molar-refractivity contribution in [2.75, 3.05) is 5.32 Å². The Hall–Kier alpha value is -3.88. The lowest BCUT2D eigenvalue weighted by atomic mass is 9.87. The van der Waals surface area contributed by atoms with E-state index in [4.69, 9.17) is 4.74 Å². The van der Waals surface area contributed by atoms with Crippen LogP contribution < -0.4 is 20.8 Å². The summed E-state index contributed by atoms with van der Waals surface area (Å²) in [5, 5.41) is 6.00. The topological polar surface area (TPSA) is 117 Å². The number of para-hydroxylation sites is 2. The molecule has 2 aromatic rings. The van der Waals surface area contributed by atoms with Crippen molar-refractivity contribution >= 4 is 29.4 Å². The van der Waals surface area contributed by atoms with Gasteiger partial charge in [0, 0.05) is 0 Å². The number of nitrogens with zero attached hydrogens (tertiary/aromatic N) is 1. The Bertz CT molecular complexity index is 1030. The minimum Gasteiger partial charge on any atom is -0.478 e. The molecular weight excluding hydrogens is 388 g/mol. The van der Waals surface area contributed by atoms with E-state index in [0.717, 1.165) is 0 Å².